The predicted molar refractivity (Wildman–Crippen MR) is 147 cm³/mol. The van der Waals surface area contributed by atoms with Crippen molar-refractivity contribution in [3.05, 3.63) is 35.0 Å². The number of β-amino-alcohol motifs (C(OH)–C–C–N with tert-alkyl or cyclic N) is 1. The Morgan fingerprint density at radius 1 is 1.21 bits per heavy atom. The van der Waals surface area contributed by atoms with Crippen molar-refractivity contribution in [1.82, 2.24) is 20.5 Å². The summed E-state index contributed by atoms with van der Waals surface area (Å²) in [6, 6.07) is 4.78. The number of hydrogen-bond acceptors (Lipinski definition) is 8. The highest BCUT2D eigenvalue weighted by molar-refractivity contribution is 7.13. The van der Waals surface area contributed by atoms with Crippen molar-refractivity contribution in [2.75, 3.05) is 6.54 Å². The molecular weight excluding hydrogens is 520 g/mol. The third-order valence-corrected chi connectivity index (χ3v) is 7.70. The largest absolute Gasteiger partial charge is 0.487 e. The van der Waals surface area contributed by atoms with E-state index in [1.54, 1.807) is 44.5 Å². The van der Waals surface area contributed by atoms with Crippen molar-refractivity contribution in [3.8, 4) is 16.2 Å². The second-order valence-corrected chi connectivity index (χ2v) is 13.1. The molecule has 39 heavy (non-hydrogen) atoms. The fourth-order valence-electron chi connectivity index (χ4n) is 4.73. The van der Waals surface area contributed by atoms with Gasteiger partial charge in [0.25, 0.3) is 0 Å². The van der Waals surface area contributed by atoms with E-state index in [2.05, 4.69) is 15.6 Å². The van der Waals surface area contributed by atoms with Crippen molar-refractivity contribution in [2.24, 2.45) is 5.41 Å². The maximum atomic E-state index is 13.7. The van der Waals surface area contributed by atoms with Gasteiger partial charge in [-0.25, -0.2) is 9.78 Å². The van der Waals surface area contributed by atoms with E-state index in [0.29, 0.717) is 12.4 Å². The van der Waals surface area contributed by atoms with Crippen molar-refractivity contribution < 1.29 is 29.0 Å². The first-order valence-electron chi connectivity index (χ1n) is 13.1. The number of nitrogens with one attached hydrogen (secondary N) is 2. The Bertz CT molecular complexity index is 1250. The number of nitrogens with zero attached hydrogens (tertiary/aromatic N) is 2. The highest BCUT2D eigenvalue weighted by Gasteiger charge is 2.43. The lowest BCUT2D eigenvalue weighted by Gasteiger charge is -2.36. The zero-order valence-corrected chi connectivity index (χ0v) is 24.3. The second-order valence-electron chi connectivity index (χ2n) is 12.2. The number of carbonyl (C=O) groups excluding carboxylic acids is 3. The molecule has 2 aromatic rings. The van der Waals surface area contributed by atoms with Crippen LogP contribution in [0.1, 0.15) is 72.1 Å². The molecule has 1 fully saturated rings. The van der Waals surface area contributed by atoms with Crippen molar-refractivity contribution >= 4 is 29.2 Å². The first-order chi connectivity index (χ1) is 18.1. The zero-order chi connectivity index (χ0) is 28.7. The number of rotatable bonds is 5. The molecule has 3 N–H and O–H groups in total. The summed E-state index contributed by atoms with van der Waals surface area (Å²) in [5, 5.41) is 16.1. The molecule has 11 heteroatoms. The van der Waals surface area contributed by atoms with Gasteiger partial charge in [0.2, 0.25) is 11.8 Å². The minimum Gasteiger partial charge on any atom is -0.487 e. The van der Waals surface area contributed by atoms with Crippen LogP contribution in [0, 0.1) is 5.41 Å². The fraction of sp³-hybridized carbons (Fsp3) is 0.571. The summed E-state index contributed by atoms with van der Waals surface area (Å²) in [5.41, 5.74) is 3.06. The minimum atomic E-state index is -0.927. The molecule has 4 rings (SSSR count). The van der Waals surface area contributed by atoms with E-state index < -0.39 is 47.2 Å². The van der Waals surface area contributed by atoms with E-state index in [1.807, 2.05) is 39.0 Å². The van der Waals surface area contributed by atoms with Crippen molar-refractivity contribution in [2.45, 2.75) is 91.3 Å². The van der Waals surface area contributed by atoms with E-state index >= 15 is 0 Å². The van der Waals surface area contributed by atoms with Gasteiger partial charge in [0.1, 0.15) is 30.2 Å². The third kappa shape index (κ3) is 6.52. The summed E-state index contributed by atoms with van der Waals surface area (Å²) in [6.45, 7) is 13.0. The monoisotopic (exact) mass is 558 g/mol. The SMILES string of the molecule is C[C@H](C(=O)N[C@@H]1C[C@@H](O)CN1C(=O)[C@@H](NC(=O)OC(C)(C)C)C(C)(C)C)c1ccc2c(c1)OCc1ncsc1-2. The van der Waals surface area contributed by atoms with Gasteiger partial charge in [-0.15, -0.1) is 11.3 Å². The molecule has 0 aliphatic carbocycles. The van der Waals surface area contributed by atoms with Crippen molar-refractivity contribution in [3.63, 3.8) is 0 Å². The molecule has 1 saturated heterocycles. The molecule has 1 aromatic heterocycles. The molecule has 4 atom stereocenters. The normalized spacial score (nSPS) is 20.3. The molecular formula is C28H38N4O6S. The highest BCUT2D eigenvalue weighted by atomic mass is 32.1. The molecule has 0 bridgehead atoms. The number of ether oxygens (including phenoxy) is 2. The first kappa shape index (κ1) is 28.8. The molecule has 0 spiro atoms. The van der Waals surface area contributed by atoms with Crippen LogP contribution in [0.4, 0.5) is 4.79 Å². The summed E-state index contributed by atoms with van der Waals surface area (Å²) < 4.78 is 11.2. The van der Waals surface area contributed by atoms with E-state index in [4.69, 9.17) is 9.47 Å². The Labute approximate surface area is 233 Å². The lowest BCUT2D eigenvalue weighted by atomic mass is 9.86. The highest BCUT2D eigenvalue weighted by Crippen LogP contribution is 2.41. The molecule has 0 unspecified atom stereocenters. The van der Waals surface area contributed by atoms with Crippen LogP contribution in [0.15, 0.2) is 23.7 Å². The van der Waals surface area contributed by atoms with Gasteiger partial charge in [-0.3, -0.25) is 9.59 Å². The maximum Gasteiger partial charge on any atom is 0.408 e. The molecule has 3 heterocycles. The van der Waals surface area contributed by atoms with Crippen LogP contribution < -0.4 is 15.4 Å². The Hall–Kier alpha value is -3.18. The molecule has 10 nitrogen and oxygen atoms in total. The number of amides is 3. The standard InChI is InChI=1S/C28H38N4O6S/c1-15(16-8-9-18-20(10-16)37-13-19-22(18)39-14-29-19)24(34)30-21-11-17(33)12-32(21)25(35)23(27(2,3)4)31-26(36)38-28(5,6)7/h8-10,14-15,17,21,23,33H,11-13H2,1-7H3,(H,30,34)(H,31,36)/t15-,17+,21-,23+/m0/s1. The summed E-state index contributed by atoms with van der Waals surface area (Å²) in [4.78, 5) is 46.4. The van der Waals surface area contributed by atoms with Gasteiger partial charge in [0, 0.05) is 18.5 Å². The van der Waals surface area contributed by atoms with Gasteiger partial charge in [-0.1, -0.05) is 26.8 Å². The Morgan fingerprint density at radius 2 is 1.92 bits per heavy atom. The van der Waals surface area contributed by atoms with Gasteiger partial charge in [0.15, 0.2) is 0 Å². The van der Waals surface area contributed by atoms with Crippen LogP contribution >= 0.6 is 11.3 Å². The van der Waals surface area contributed by atoms with Gasteiger partial charge >= 0.3 is 6.09 Å². The van der Waals surface area contributed by atoms with E-state index in [1.165, 1.54) is 4.90 Å². The molecule has 1 aromatic carbocycles. The topological polar surface area (TPSA) is 130 Å². The number of hydrogen-bond donors (Lipinski definition) is 3. The lowest BCUT2D eigenvalue weighted by Crippen LogP contribution is -2.58. The number of aliphatic hydroxyl groups excluding tert-OH is 1. The van der Waals surface area contributed by atoms with E-state index in [-0.39, 0.29) is 18.9 Å². The average molecular weight is 559 g/mol. The second kappa shape index (κ2) is 10.8. The zero-order valence-electron chi connectivity index (χ0n) is 23.5. The number of fused-ring (bicyclic) bond motifs is 3. The number of likely N-dealkylation sites (tertiary alicyclic amines) is 1. The maximum absolute atomic E-state index is 13.7. The summed E-state index contributed by atoms with van der Waals surface area (Å²) in [5.74, 6) is -0.507. The Morgan fingerprint density at radius 3 is 2.59 bits per heavy atom. The van der Waals surface area contributed by atoms with Crippen LogP contribution in [0.25, 0.3) is 10.4 Å². The van der Waals surface area contributed by atoms with Crippen LogP contribution in [0.5, 0.6) is 5.75 Å². The van der Waals surface area contributed by atoms with Gasteiger partial charge in [-0.2, -0.15) is 0 Å². The fourth-order valence-corrected chi connectivity index (χ4v) is 5.56. The summed E-state index contributed by atoms with van der Waals surface area (Å²) in [6.07, 6.45) is -2.04. The number of aromatic nitrogens is 1. The quantitative estimate of drug-likeness (QED) is 0.509. The van der Waals surface area contributed by atoms with Gasteiger partial charge in [0.05, 0.1) is 28.1 Å². The summed E-state index contributed by atoms with van der Waals surface area (Å²) >= 11 is 1.56. The molecule has 2 aliphatic heterocycles. The van der Waals surface area contributed by atoms with Crippen molar-refractivity contribution in [1.29, 1.82) is 0 Å². The number of alkyl carbamates (subject to hydrolysis) is 1. The van der Waals surface area contributed by atoms with Gasteiger partial charge < -0.3 is 30.1 Å². The smallest absolute Gasteiger partial charge is 0.408 e. The molecule has 0 radical (unpaired) electrons. The van der Waals surface area contributed by atoms with Crippen LogP contribution in [-0.2, 0) is 20.9 Å². The molecule has 3 amide bonds. The predicted octanol–water partition coefficient (Wildman–Crippen LogP) is 3.78. The van der Waals surface area contributed by atoms with Crippen LogP contribution in [0.3, 0.4) is 0 Å². The number of benzene rings is 1. The minimum absolute atomic E-state index is 0.0462. The third-order valence-electron chi connectivity index (χ3n) is 6.79. The summed E-state index contributed by atoms with van der Waals surface area (Å²) in [7, 11) is 0. The Balaban J connectivity index is 1.48. The van der Waals surface area contributed by atoms with Gasteiger partial charge in [-0.05, 0) is 50.8 Å². The number of aliphatic hydroxyl groups is 1. The van der Waals surface area contributed by atoms with E-state index in [9.17, 15) is 19.5 Å². The molecule has 212 valence electrons. The Kier molecular flexibility index (Phi) is 7.96. The average Bonchev–Trinajstić information content (AvgIpc) is 3.45. The first-order valence-corrected chi connectivity index (χ1v) is 14.0. The van der Waals surface area contributed by atoms with Crippen LogP contribution in [0.2, 0.25) is 0 Å². The lowest BCUT2D eigenvalue weighted by molar-refractivity contribution is -0.139. The van der Waals surface area contributed by atoms with E-state index in [0.717, 1.165) is 21.7 Å². The number of thiazole rings is 1. The van der Waals surface area contributed by atoms with Crippen LogP contribution in [-0.4, -0.2) is 63.4 Å². The molecule has 0 saturated carbocycles. The number of carbonyl (C=O) groups is 3. The molecule has 2 aliphatic rings.